The lowest BCUT2D eigenvalue weighted by Crippen LogP contribution is -2.30. The summed E-state index contributed by atoms with van der Waals surface area (Å²) in [6, 6.07) is 9.34. The van der Waals surface area contributed by atoms with Crippen molar-refractivity contribution in [2.75, 3.05) is 17.5 Å². The molecule has 1 saturated heterocycles. The van der Waals surface area contributed by atoms with E-state index in [1.165, 1.54) is 4.88 Å². The van der Waals surface area contributed by atoms with E-state index in [1.807, 2.05) is 23.3 Å². The van der Waals surface area contributed by atoms with Crippen LogP contribution in [-0.4, -0.2) is 32.0 Å². The highest BCUT2D eigenvalue weighted by atomic mass is 32.2. The fourth-order valence-electron chi connectivity index (χ4n) is 3.02. The molecule has 0 saturated carbocycles. The summed E-state index contributed by atoms with van der Waals surface area (Å²) >= 11 is 1.66. The van der Waals surface area contributed by atoms with Crippen LogP contribution in [0.25, 0.3) is 0 Å². The van der Waals surface area contributed by atoms with E-state index >= 15 is 0 Å². The van der Waals surface area contributed by atoms with Crippen molar-refractivity contribution in [3.05, 3.63) is 51.7 Å². The molecule has 2 heterocycles. The molecule has 1 aromatic carbocycles. The Hall–Kier alpha value is -1.86. The fraction of sp³-hybridized carbons (Fsp3) is 0.353. The van der Waals surface area contributed by atoms with Gasteiger partial charge in [0.05, 0.1) is 18.0 Å². The van der Waals surface area contributed by atoms with Gasteiger partial charge in [-0.1, -0.05) is 12.1 Å². The van der Waals surface area contributed by atoms with Crippen LogP contribution in [-0.2, 0) is 10.0 Å². The Morgan fingerprint density at radius 1 is 1.33 bits per heavy atom. The van der Waals surface area contributed by atoms with Crippen LogP contribution in [0.5, 0.6) is 0 Å². The lowest BCUT2D eigenvalue weighted by Gasteiger charge is -2.24. The molecule has 0 radical (unpaired) electrons. The summed E-state index contributed by atoms with van der Waals surface area (Å²) < 4.78 is 25.5. The van der Waals surface area contributed by atoms with Crippen molar-refractivity contribution in [3.8, 4) is 0 Å². The van der Waals surface area contributed by atoms with E-state index < -0.39 is 10.0 Å². The summed E-state index contributed by atoms with van der Waals surface area (Å²) in [5.41, 5.74) is 1.75. The molecule has 1 unspecified atom stereocenters. The van der Waals surface area contributed by atoms with Crippen molar-refractivity contribution >= 4 is 33.0 Å². The third-order valence-corrected chi connectivity index (χ3v) is 5.73. The Bertz CT molecular complexity index is 845. The fourth-order valence-corrected chi connectivity index (χ4v) is 4.51. The Kier molecular flexibility index (Phi) is 4.64. The standard InChI is InChI=1S/C17H20N2O3S2/c1-12-7-8-13(11-14(12)18-24(2,21)22)17(20)19-9-3-5-15(19)16-6-4-10-23-16/h4,6-8,10-11,15,18H,3,5,9H2,1-2H3. The van der Waals surface area contributed by atoms with Gasteiger partial charge in [0.1, 0.15) is 0 Å². The van der Waals surface area contributed by atoms with Crippen molar-refractivity contribution in [2.45, 2.75) is 25.8 Å². The molecule has 1 atom stereocenters. The molecule has 128 valence electrons. The third kappa shape index (κ3) is 3.62. The first-order valence-corrected chi connectivity index (χ1v) is 10.5. The van der Waals surface area contributed by atoms with Crippen molar-refractivity contribution in [1.82, 2.24) is 4.90 Å². The Labute approximate surface area is 146 Å². The minimum absolute atomic E-state index is 0.0533. The number of carbonyl (C=O) groups is 1. The lowest BCUT2D eigenvalue weighted by atomic mass is 10.1. The topological polar surface area (TPSA) is 66.5 Å². The highest BCUT2D eigenvalue weighted by Crippen LogP contribution is 2.35. The Morgan fingerprint density at radius 3 is 2.79 bits per heavy atom. The molecule has 1 amide bonds. The van der Waals surface area contributed by atoms with E-state index in [-0.39, 0.29) is 11.9 Å². The number of sulfonamides is 1. The number of hydrogen-bond donors (Lipinski definition) is 1. The Balaban J connectivity index is 1.88. The van der Waals surface area contributed by atoms with Gasteiger partial charge in [-0.15, -0.1) is 11.3 Å². The normalized spacial score (nSPS) is 17.9. The van der Waals surface area contributed by atoms with E-state index in [9.17, 15) is 13.2 Å². The number of thiophene rings is 1. The molecule has 0 spiro atoms. The second-order valence-electron chi connectivity index (χ2n) is 6.08. The van der Waals surface area contributed by atoms with Gasteiger partial charge >= 0.3 is 0 Å². The van der Waals surface area contributed by atoms with Gasteiger partial charge in [0, 0.05) is 17.0 Å². The van der Waals surface area contributed by atoms with E-state index in [4.69, 9.17) is 0 Å². The SMILES string of the molecule is Cc1ccc(C(=O)N2CCCC2c2cccs2)cc1NS(C)(=O)=O. The summed E-state index contributed by atoms with van der Waals surface area (Å²) in [6.45, 7) is 2.54. The van der Waals surface area contributed by atoms with Gasteiger partial charge in [-0.2, -0.15) is 0 Å². The van der Waals surface area contributed by atoms with Gasteiger partial charge in [0.25, 0.3) is 5.91 Å². The molecule has 2 aromatic rings. The molecule has 0 aliphatic carbocycles. The van der Waals surface area contributed by atoms with Crippen LogP contribution < -0.4 is 4.72 Å². The van der Waals surface area contributed by atoms with Gasteiger partial charge in [0.15, 0.2) is 0 Å². The van der Waals surface area contributed by atoms with Gasteiger partial charge in [-0.25, -0.2) is 8.42 Å². The lowest BCUT2D eigenvalue weighted by molar-refractivity contribution is 0.0738. The van der Waals surface area contributed by atoms with Gasteiger partial charge in [0.2, 0.25) is 10.0 Å². The number of hydrogen-bond acceptors (Lipinski definition) is 4. The largest absolute Gasteiger partial charge is 0.331 e. The number of rotatable bonds is 4. The summed E-state index contributed by atoms with van der Waals surface area (Å²) in [6.07, 6.45) is 3.05. The molecule has 1 aliphatic heterocycles. The van der Waals surface area contributed by atoms with Crippen LogP contribution in [0.3, 0.4) is 0 Å². The molecule has 0 bridgehead atoms. The van der Waals surface area contributed by atoms with Crippen LogP contribution in [0.15, 0.2) is 35.7 Å². The number of aryl methyl sites for hydroxylation is 1. The van der Waals surface area contributed by atoms with Crippen LogP contribution in [0.4, 0.5) is 5.69 Å². The quantitative estimate of drug-likeness (QED) is 0.904. The van der Waals surface area contributed by atoms with Crippen molar-refractivity contribution in [2.24, 2.45) is 0 Å². The molecule has 7 heteroatoms. The summed E-state index contributed by atoms with van der Waals surface area (Å²) in [4.78, 5) is 16.0. The second kappa shape index (κ2) is 6.57. The van der Waals surface area contributed by atoms with Crippen LogP contribution in [0.2, 0.25) is 0 Å². The number of anilines is 1. The van der Waals surface area contributed by atoms with Crippen LogP contribution in [0.1, 0.15) is 39.7 Å². The van der Waals surface area contributed by atoms with Crippen LogP contribution >= 0.6 is 11.3 Å². The average molecular weight is 364 g/mol. The van der Waals surface area contributed by atoms with E-state index in [2.05, 4.69) is 10.8 Å². The zero-order valence-corrected chi connectivity index (χ0v) is 15.3. The zero-order valence-electron chi connectivity index (χ0n) is 13.7. The summed E-state index contributed by atoms with van der Waals surface area (Å²) in [5.74, 6) is -0.0533. The predicted octanol–water partition coefficient (Wildman–Crippen LogP) is 3.41. The van der Waals surface area contributed by atoms with E-state index in [1.54, 1.807) is 29.5 Å². The predicted molar refractivity (Wildman–Crippen MR) is 97.0 cm³/mol. The molecule has 24 heavy (non-hydrogen) atoms. The molecule has 3 rings (SSSR count). The van der Waals surface area contributed by atoms with E-state index in [0.29, 0.717) is 11.3 Å². The summed E-state index contributed by atoms with van der Waals surface area (Å²) in [5, 5.41) is 2.02. The van der Waals surface area contributed by atoms with Crippen molar-refractivity contribution in [3.63, 3.8) is 0 Å². The molecule has 1 fully saturated rings. The van der Waals surface area contributed by atoms with Gasteiger partial charge in [-0.05, 0) is 48.9 Å². The number of nitrogens with one attached hydrogen (secondary N) is 1. The first kappa shape index (κ1) is 17.0. The molecule has 1 aromatic heterocycles. The van der Waals surface area contributed by atoms with Gasteiger partial charge < -0.3 is 4.90 Å². The third-order valence-electron chi connectivity index (χ3n) is 4.17. The molecular weight excluding hydrogens is 344 g/mol. The molecule has 1 aliphatic rings. The second-order valence-corrected chi connectivity index (χ2v) is 8.80. The first-order chi connectivity index (χ1) is 11.3. The number of benzene rings is 1. The maximum Gasteiger partial charge on any atom is 0.254 e. The Morgan fingerprint density at radius 2 is 2.12 bits per heavy atom. The number of likely N-dealkylation sites (tertiary alicyclic amines) is 1. The smallest absolute Gasteiger partial charge is 0.254 e. The minimum atomic E-state index is -3.38. The maximum absolute atomic E-state index is 12.9. The van der Waals surface area contributed by atoms with E-state index in [0.717, 1.165) is 31.2 Å². The average Bonchev–Trinajstić information content (AvgIpc) is 3.17. The first-order valence-electron chi connectivity index (χ1n) is 7.78. The van der Waals surface area contributed by atoms with Gasteiger partial charge in [-0.3, -0.25) is 9.52 Å². The number of carbonyl (C=O) groups excluding carboxylic acids is 1. The zero-order chi connectivity index (χ0) is 17.3. The van der Waals surface area contributed by atoms with Crippen molar-refractivity contribution in [1.29, 1.82) is 0 Å². The highest BCUT2D eigenvalue weighted by molar-refractivity contribution is 7.92. The van der Waals surface area contributed by atoms with Crippen molar-refractivity contribution < 1.29 is 13.2 Å². The molecular formula is C17H20N2O3S2. The van der Waals surface area contributed by atoms with Crippen LogP contribution in [0, 0.1) is 6.92 Å². The monoisotopic (exact) mass is 364 g/mol. The number of nitrogens with zero attached hydrogens (tertiary/aromatic N) is 1. The minimum Gasteiger partial charge on any atom is -0.331 e. The molecule has 5 nitrogen and oxygen atoms in total. The summed E-state index contributed by atoms with van der Waals surface area (Å²) in [7, 11) is -3.38. The molecule has 1 N–H and O–H groups in total. The highest BCUT2D eigenvalue weighted by Gasteiger charge is 2.31. The number of amides is 1. The maximum atomic E-state index is 12.9.